The van der Waals surface area contributed by atoms with E-state index in [2.05, 4.69) is 9.97 Å². The number of methoxy groups -OCH3 is 1. The highest BCUT2D eigenvalue weighted by molar-refractivity contribution is 7.90. The molecule has 0 unspecified atom stereocenters. The summed E-state index contributed by atoms with van der Waals surface area (Å²) in [5.74, 6) is 0.713. The minimum absolute atomic E-state index is 0.161. The quantitative estimate of drug-likeness (QED) is 0.343. The lowest BCUT2D eigenvalue weighted by Gasteiger charge is -2.18. The Morgan fingerprint density at radius 2 is 1.78 bits per heavy atom. The van der Waals surface area contributed by atoms with E-state index in [1.165, 1.54) is 31.6 Å². The Bertz CT molecular complexity index is 1760. The van der Waals surface area contributed by atoms with Crippen LogP contribution in [0.3, 0.4) is 0 Å². The lowest BCUT2D eigenvalue weighted by molar-refractivity contribution is 0.0602. The predicted molar refractivity (Wildman–Crippen MR) is 136 cm³/mol. The van der Waals surface area contributed by atoms with E-state index in [-0.39, 0.29) is 10.5 Å². The first-order valence-electron chi connectivity index (χ1n) is 11.5. The fourth-order valence-electron chi connectivity index (χ4n) is 4.45. The van der Waals surface area contributed by atoms with Crippen molar-refractivity contribution in [3.8, 4) is 34.0 Å². The number of aromatic amines is 1. The molecule has 2 aromatic carbocycles. The Morgan fingerprint density at radius 1 is 1.00 bits per heavy atom. The van der Waals surface area contributed by atoms with Crippen molar-refractivity contribution in [2.24, 2.45) is 0 Å². The van der Waals surface area contributed by atoms with Crippen molar-refractivity contribution in [1.29, 1.82) is 0 Å². The van der Waals surface area contributed by atoms with Crippen LogP contribution in [0.1, 0.15) is 10.4 Å². The fraction of sp³-hybridized carbons (Fsp3) is 0.111. The molecule has 4 heterocycles. The van der Waals surface area contributed by atoms with Gasteiger partial charge in [-0.3, -0.25) is 0 Å². The average Bonchev–Trinajstić information content (AvgIpc) is 3.58. The summed E-state index contributed by atoms with van der Waals surface area (Å²) in [7, 11) is -2.53. The normalized spacial score (nSPS) is 13.0. The third-order valence-electron chi connectivity index (χ3n) is 6.20. The SMILES string of the molecule is COC(=O)c1cc(-c2ccnc3c2ccn3S(=O)(=O)c2ccccc2)[nH]c1-c1ccc2c(c1)OCCO2. The largest absolute Gasteiger partial charge is 0.486 e. The Morgan fingerprint density at radius 3 is 2.57 bits per heavy atom. The van der Waals surface area contributed by atoms with Crippen molar-refractivity contribution in [3.05, 3.63) is 84.7 Å². The van der Waals surface area contributed by atoms with Gasteiger partial charge in [-0.05, 0) is 48.5 Å². The first kappa shape index (κ1) is 22.9. The standard InChI is InChI=1S/C27H21N3O6S/c1-34-27(31)21-16-22(29-25(21)17-7-8-23-24(15-17)36-14-13-35-23)19-9-11-28-26-20(19)10-12-30(26)37(32,33)18-5-3-2-4-6-18/h2-12,15-16,29H,13-14H2,1H3. The van der Waals surface area contributed by atoms with Crippen LogP contribution in [0.5, 0.6) is 11.5 Å². The number of fused-ring (bicyclic) bond motifs is 2. The van der Waals surface area contributed by atoms with Gasteiger partial charge >= 0.3 is 5.97 Å². The van der Waals surface area contributed by atoms with Crippen molar-refractivity contribution >= 4 is 27.0 Å². The van der Waals surface area contributed by atoms with Crippen LogP contribution in [0.15, 0.2) is 84.0 Å². The summed E-state index contributed by atoms with van der Waals surface area (Å²) in [6.45, 7) is 0.915. The monoisotopic (exact) mass is 515 g/mol. The van der Waals surface area contributed by atoms with E-state index in [4.69, 9.17) is 14.2 Å². The van der Waals surface area contributed by atoms with E-state index in [1.54, 1.807) is 42.5 Å². The van der Waals surface area contributed by atoms with Crippen molar-refractivity contribution in [3.63, 3.8) is 0 Å². The molecular formula is C27H21N3O6S. The van der Waals surface area contributed by atoms with Crippen LogP contribution in [0.4, 0.5) is 0 Å². The molecule has 10 heteroatoms. The molecule has 1 N–H and O–H groups in total. The van der Waals surface area contributed by atoms with E-state index in [0.717, 1.165) is 3.97 Å². The zero-order valence-corrected chi connectivity index (χ0v) is 20.5. The highest BCUT2D eigenvalue weighted by atomic mass is 32.2. The van der Waals surface area contributed by atoms with Crippen LogP contribution in [0.25, 0.3) is 33.5 Å². The molecular weight excluding hydrogens is 494 g/mol. The predicted octanol–water partition coefficient (Wildman–Crippen LogP) is 4.49. The number of ether oxygens (including phenoxy) is 3. The van der Waals surface area contributed by atoms with Crippen LogP contribution in [0, 0.1) is 0 Å². The first-order chi connectivity index (χ1) is 18.0. The minimum atomic E-state index is -3.85. The molecule has 0 saturated carbocycles. The minimum Gasteiger partial charge on any atom is -0.486 e. The van der Waals surface area contributed by atoms with Crippen LogP contribution in [-0.4, -0.2) is 48.7 Å². The molecule has 3 aromatic heterocycles. The Labute approximate surface area is 212 Å². The molecule has 0 saturated heterocycles. The van der Waals surface area contributed by atoms with Crippen molar-refractivity contribution in [1.82, 2.24) is 13.9 Å². The van der Waals surface area contributed by atoms with E-state index in [1.807, 2.05) is 12.1 Å². The van der Waals surface area contributed by atoms with E-state index >= 15 is 0 Å². The number of aromatic nitrogens is 3. The van der Waals surface area contributed by atoms with Crippen LogP contribution >= 0.6 is 0 Å². The molecule has 0 spiro atoms. The summed E-state index contributed by atoms with van der Waals surface area (Å²) >= 11 is 0. The zero-order chi connectivity index (χ0) is 25.6. The maximum atomic E-state index is 13.3. The second kappa shape index (κ2) is 8.82. The zero-order valence-electron chi connectivity index (χ0n) is 19.7. The highest BCUT2D eigenvalue weighted by Gasteiger charge is 2.24. The van der Waals surface area contributed by atoms with Gasteiger partial charge in [0, 0.05) is 34.6 Å². The molecule has 1 aliphatic heterocycles. The van der Waals surface area contributed by atoms with Crippen molar-refractivity contribution < 1.29 is 27.4 Å². The van der Waals surface area contributed by atoms with Gasteiger partial charge in [-0.25, -0.2) is 22.2 Å². The van der Waals surface area contributed by atoms with Gasteiger partial charge in [-0.1, -0.05) is 18.2 Å². The Balaban J connectivity index is 1.49. The number of nitrogens with one attached hydrogen (secondary N) is 1. The Kier molecular flexibility index (Phi) is 5.45. The van der Waals surface area contributed by atoms with Gasteiger partial charge in [0.15, 0.2) is 17.1 Å². The number of pyridine rings is 1. The van der Waals surface area contributed by atoms with Gasteiger partial charge in [0.05, 0.1) is 23.3 Å². The molecule has 37 heavy (non-hydrogen) atoms. The summed E-state index contributed by atoms with van der Waals surface area (Å²) in [6.07, 6.45) is 3.02. The molecule has 6 rings (SSSR count). The number of hydrogen-bond acceptors (Lipinski definition) is 7. The second-order valence-electron chi connectivity index (χ2n) is 8.35. The molecule has 0 bridgehead atoms. The third-order valence-corrected chi connectivity index (χ3v) is 7.88. The number of carbonyl (C=O) groups is 1. The first-order valence-corrected chi connectivity index (χ1v) is 12.9. The molecule has 9 nitrogen and oxygen atoms in total. The van der Waals surface area contributed by atoms with Crippen molar-refractivity contribution in [2.45, 2.75) is 4.90 Å². The lowest BCUT2D eigenvalue weighted by atomic mass is 10.1. The highest BCUT2D eigenvalue weighted by Crippen LogP contribution is 2.38. The number of hydrogen-bond donors (Lipinski definition) is 1. The summed E-state index contributed by atoms with van der Waals surface area (Å²) in [5.41, 5.74) is 3.14. The van der Waals surface area contributed by atoms with Gasteiger partial charge in [0.25, 0.3) is 10.0 Å². The maximum Gasteiger partial charge on any atom is 0.340 e. The molecule has 0 amide bonds. The van der Waals surface area contributed by atoms with Crippen molar-refractivity contribution in [2.75, 3.05) is 20.3 Å². The maximum absolute atomic E-state index is 13.3. The summed E-state index contributed by atoms with van der Waals surface area (Å²) < 4.78 is 44.1. The number of carbonyl (C=O) groups excluding carboxylic acids is 1. The molecule has 0 atom stereocenters. The number of H-pyrrole nitrogens is 1. The summed E-state index contributed by atoms with van der Waals surface area (Å²) in [6, 6.07) is 18.8. The average molecular weight is 516 g/mol. The van der Waals surface area contributed by atoms with Crippen LogP contribution in [-0.2, 0) is 14.8 Å². The molecule has 0 fully saturated rings. The molecule has 5 aromatic rings. The lowest BCUT2D eigenvalue weighted by Crippen LogP contribution is -2.15. The summed E-state index contributed by atoms with van der Waals surface area (Å²) in [5, 5.41) is 0.605. The Hall–Kier alpha value is -4.57. The fourth-order valence-corrected chi connectivity index (χ4v) is 5.77. The van der Waals surface area contributed by atoms with Gasteiger partial charge in [0.1, 0.15) is 13.2 Å². The molecule has 0 radical (unpaired) electrons. The number of rotatable bonds is 5. The molecule has 0 aliphatic carbocycles. The van der Waals surface area contributed by atoms with Gasteiger partial charge in [0.2, 0.25) is 0 Å². The number of esters is 1. The third kappa shape index (κ3) is 3.82. The topological polar surface area (TPSA) is 113 Å². The second-order valence-corrected chi connectivity index (χ2v) is 10.2. The molecule has 186 valence electrons. The van der Waals surface area contributed by atoms with Crippen LogP contribution in [0.2, 0.25) is 0 Å². The molecule has 1 aliphatic rings. The van der Waals surface area contributed by atoms with E-state index < -0.39 is 16.0 Å². The number of benzene rings is 2. The van der Waals surface area contributed by atoms with E-state index in [0.29, 0.717) is 58.2 Å². The van der Waals surface area contributed by atoms with Crippen LogP contribution < -0.4 is 9.47 Å². The van der Waals surface area contributed by atoms with Gasteiger partial charge in [-0.15, -0.1) is 0 Å². The van der Waals surface area contributed by atoms with Gasteiger partial charge in [-0.2, -0.15) is 0 Å². The smallest absolute Gasteiger partial charge is 0.340 e. The number of nitrogens with zero attached hydrogens (tertiary/aromatic N) is 2. The van der Waals surface area contributed by atoms with Gasteiger partial charge < -0.3 is 19.2 Å². The van der Waals surface area contributed by atoms with E-state index in [9.17, 15) is 13.2 Å². The summed E-state index contributed by atoms with van der Waals surface area (Å²) in [4.78, 5) is 20.5.